The molecule has 0 radical (unpaired) electrons. The van der Waals surface area contributed by atoms with Crippen molar-refractivity contribution in [2.45, 2.75) is 33.1 Å². The average Bonchev–Trinajstić information content (AvgIpc) is 2.49. The van der Waals surface area contributed by atoms with Crippen LogP contribution in [-0.2, 0) is 19.3 Å². The van der Waals surface area contributed by atoms with Gasteiger partial charge in [-0.05, 0) is 54.4 Å². The summed E-state index contributed by atoms with van der Waals surface area (Å²) in [6.45, 7) is 4.41. The minimum atomic E-state index is 0.656. The minimum absolute atomic E-state index is 0.656. The molecule has 0 aliphatic heterocycles. The standard InChI is InChI=1S/C19H23Br/c1-3-16-8-10-17(11-9-16)12-18(14-20)13-19-7-5-4-6-15(19)2/h4-11,18H,3,12-14H2,1-2H3. The van der Waals surface area contributed by atoms with Gasteiger partial charge in [-0.3, -0.25) is 0 Å². The van der Waals surface area contributed by atoms with Gasteiger partial charge in [0.15, 0.2) is 0 Å². The lowest BCUT2D eigenvalue weighted by Gasteiger charge is -2.16. The van der Waals surface area contributed by atoms with Crippen molar-refractivity contribution in [1.82, 2.24) is 0 Å². The number of halogens is 1. The summed E-state index contributed by atoms with van der Waals surface area (Å²) in [6, 6.07) is 17.8. The first-order chi connectivity index (χ1) is 9.72. The largest absolute Gasteiger partial charge is 0.0925 e. The Balaban J connectivity index is 2.03. The molecule has 1 atom stereocenters. The molecule has 0 aliphatic rings. The van der Waals surface area contributed by atoms with Crippen molar-refractivity contribution < 1.29 is 0 Å². The van der Waals surface area contributed by atoms with Gasteiger partial charge in [-0.15, -0.1) is 0 Å². The maximum atomic E-state index is 3.68. The summed E-state index contributed by atoms with van der Waals surface area (Å²) < 4.78 is 0. The fourth-order valence-electron chi connectivity index (χ4n) is 2.58. The fraction of sp³-hybridized carbons (Fsp3) is 0.368. The number of hydrogen-bond acceptors (Lipinski definition) is 0. The third-order valence-corrected chi connectivity index (χ3v) is 4.86. The summed E-state index contributed by atoms with van der Waals surface area (Å²) in [6.07, 6.45) is 3.41. The zero-order valence-corrected chi connectivity index (χ0v) is 14.0. The Hall–Kier alpha value is -1.08. The first-order valence-electron chi connectivity index (χ1n) is 7.41. The summed E-state index contributed by atoms with van der Waals surface area (Å²) in [4.78, 5) is 0. The molecule has 2 aromatic rings. The summed E-state index contributed by atoms with van der Waals surface area (Å²) in [5, 5.41) is 1.05. The van der Waals surface area contributed by atoms with Gasteiger partial charge in [-0.2, -0.15) is 0 Å². The molecule has 1 unspecified atom stereocenters. The minimum Gasteiger partial charge on any atom is -0.0925 e. The Labute approximate surface area is 131 Å². The SMILES string of the molecule is CCc1ccc(CC(CBr)Cc2ccccc2C)cc1. The second-order valence-electron chi connectivity index (χ2n) is 5.53. The third-order valence-electron chi connectivity index (χ3n) is 3.94. The van der Waals surface area contributed by atoms with E-state index in [1.165, 1.54) is 22.3 Å². The van der Waals surface area contributed by atoms with E-state index in [0.29, 0.717) is 5.92 Å². The third kappa shape index (κ3) is 4.21. The van der Waals surface area contributed by atoms with E-state index in [0.717, 1.165) is 24.6 Å². The Morgan fingerprint density at radius 1 is 0.900 bits per heavy atom. The maximum Gasteiger partial charge on any atom is 0.00660 e. The van der Waals surface area contributed by atoms with Crippen LogP contribution in [0.1, 0.15) is 29.2 Å². The smallest absolute Gasteiger partial charge is 0.00660 e. The molecule has 0 spiro atoms. The van der Waals surface area contributed by atoms with E-state index in [4.69, 9.17) is 0 Å². The molecule has 0 N–H and O–H groups in total. The van der Waals surface area contributed by atoms with Gasteiger partial charge < -0.3 is 0 Å². The molecule has 0 heterocycles. The predicted molar refractivity (Wildman–Crippen MR) is 91.7 cm³/mol. The fourth-order valence-corrected chi connectivity index (χ4v) is 3.03. The molecule has 0 aliphatic carbocycles. The Bertz CT molecular complexity index is 528. The van der Waals surface area contributed by atoms with Crippen LogP contribution in [0.5, 0.6) is 0 Å². The molecule has 2 rings (SSSR count). The van der Waals surface area contributed by atoms with E-state index in [9.17, 15) is 0 Å². The van der Waals surface area contributed by atoms with Gasteiger partial charge in [-0.1, -0.05) is 71.4 Å². The number of benzene rings is 2. The first-order valence-corrected chi connectivity index (χ1v) is 8.53. The van der Waals surface area contributed by atoms with Crippen LogP contribution in [0.15, 0.2) is 48.5 Å². The molecule has 1 heteroatoms. The summed E-state index contributed by atoms with van der Waals surface area (Å²) in [5.74, 6) is 0.656. The van der Waals surface area contributed by atoms with Crippen molar-refractivity contribution in [3.63, 3.8) is 0 Å². The zero-order valence-electron chi connectivity index (χ0n) is 12.4. The molecule has 0 saturated heterocycles. The van der Waals surface area contributed by atoms with Crippen molar-refractivity contribution in [1.29, 1.82) is 0 Å². The monoisotopic (exact) mass is 330 g/mol. The van der Waals surface area contributed by atoms with Gasteiger partial charge in [0, 0.05) is 5.33 Å². The molecule has 0 amide bonds. The molecule has 106 valence electrons. The van der Waals surface area contributed by atoms with Gasteiger partial charge in [0.05, 0.1) is 0 Å². The van der Waals surface area contributed by atoms with E-state index < -0.39 is 0 Å². The van der Waals surface area contributed by atoms with E-state index in [2.05, 4.69) is 78.3 Å². The van der Waals surface area contributed by atoms with E-state index in [1.807, 2.05) is 0 Å². The average molecular weight is 331 g/mol. The van der Waals surface area contributed by atoms with Crippen LogP contribution in [0, 0.1) is 12.8 Å². The highest BCUT2D eigenvalue weighted by Crippen LogP contribution is 2.19. The normalized spacial score (nSPS) is 12.3. The molecule has 2 aromatic carbocycles. The molecular formula is C19H23Br. The van der Waals surface area contributed by atoms with Crippen molar-refractivity contribution >= 4 is 15.9 Å². The van der Waals surface area contributed by atoms with Crippen LogP contribution in [0.4, 0.5) is 0 Å². The number of aryl methyl sites for hydroxylation is 2. The van der Waals surface area contributed by atoms with E-state index in [-0.39, 0.29) is 0 Å². The Morgan fingerprint density at radius 2 is 1.55 bits per heavy atom. The maximum absolute atomic E-state index is 3.68. The van der Waals surface area contributed by atoms with Crippen LogP contribution in [0.25, 0.3) is 0 Å². The number of rotatable bonds is 6. The van der Waals surface area contributed by atoms with E-state index >= 15 is 0 Å². The summed E-state index contributed by atoms with van der Waals surface area (Å²) >= 11 is 3.68. The van der Waals surface area contributed by atoms with Gasteiger partial charge in [0.2, 0.25) is 0 Å². The quantitative estimate of drug-likeness (QED) is 0.626. The molecule has 0 bridgehead atoms. The van der Waals surface area contributed by atoms with Crippen molar-refractivity contribution in [3.8, 4) is 0 Å². The topological polar surface area (TPSA) is 0 Å². The van der Waals surface area contributed by atoms with Crippen molar-refractivity contribution in [2.24, 2.45) is 5.92 Å². The van der Waals surface area contributed by atoms with E-state index in [1.54, 1.807) is 0 Å². The first kappa shape index (κ1) is 15.3. The van der Waals surface area contributed by atoms with Gasteiger partial charge >= 0.3 is 0 Å². The lowest BCUT2D eigenvalue weighted by atomic mass is 9.92. The van der Waals surface area contributed by atoms with Crippen LogP contribution in [-0.4, -0.2) is 5.33 Å². The summed E-state index contributed by atoms with van der Waals surface area (Å²) in [5.41, 5.74) is 5.74. The number of alkyl halides is 1. The molecular weight excluding hydrogens is 308 g/mol. The highest BCUT2D eigenvalue weighted by atomic mass is 79.9. The number of hydrogen-bond donors (Lipinski definition) is 0. The molecule has 0 aromatic heterocycles. The van der Waals surface area contributed by atoms with Gasteiger partial charge in [-0.25, -0.2) is 0 Å². The Morgan fingerprint density at radius 3 is 2.15 bits per heavy atom. The van der Waals surface area contributed by atoms with Crippen LogP contribution in [0.3, 0.4) is 0 Å². The van der Waals surface area contributed by atoms with Crippen molar-refractivity contribution in [2.75, 3.05) is 5.33 Å². The van der Waals surface area contributed by atoms with Crippen LogP contribution < -0.4 is 0 Å². The lowest BCUT2D eigenvalue weighted by Crippen LogP contribution is -2.10. The molecule has 0 saturated carbocycles. The highest BCUT2D eigenvalue weighted by Gasteiger charge is 2.10. The molecule has 0 fully saturated rings. The highest BCUT2D eigenvalue weighted by molar-refractivity contribution is 9.09. The van der Waals surface area contributed by atoms with Crippen LogP contribution >= 0.6 is 15.9 Å². The van der Waals surface area contributed by atoms with Gasteiger partial charge in [0.25, 0.3) is 0 Å². The van der Waals surface area contributed by atoms with Crippen LogP contribution in [0.2, 0.25) is 0 Å². The predicted octanol–water partition coefficient (Wildman–Crippen LogP) is 5.35. The Kier molecular flexibility index (Phi) is 5.85. The summed E-state index contributed by atoms with van der Waals surface area (Å²) in [7, 11) is 0. The zero-order chi connectivity index (χ0) is 14.4. The second-order valence-corrected chi connectivity index (χ2v) is 6.17. The molecule has 20 heavy (non-hydrogen) atoms. The van der Waals surface area contributed by atoms with Crippen molar-refractivity contribution in [3.05, 3.63) is 70.8 Å². The second kappa shape index (κ2) is 7.64. The molecule has 0 nitrogen and oxygen atoms in total. The lowest BCUT2D eigenvalue weighted by molar-refractivity contribution is 0.589. The van der Waals surface area contributed by atoms with Gasteiger partial charge in [0.1, 0.15) is 0 Å².